The molecule has 0 amide bonds. The van der Waals surface area contributed by atoms with Gasteiger partial charge in [0.05, 0.1) is 71.6 Å². The zero-order valence-electron chi connectivity index (χ0n) is 79.4. The van der Waals surface area contributed by atoms with Crippen molar-refractivity contribution in [1.82, 2.24) is 27.4 Å². The lowest BCUT2D eigenvalue weighted by molar-refractivity contribution is 0.669. The molecule has 8 nitrogen and oxygen atoms in total. The zero-order valence-corrected chi connectivity index (χ0v) is 80.2. The Hall–Kier alpha value is -19.3. The molecule has 0 saturated heterocycles. The fraction of sp³-hybridized carbons (Fsp3) is 0. The third kappa shape index (κ3) is 12.9. The molecule has 0 spiro atoms. The van der Waals surface area contributed by atoms with Crippen molar-refractivity contribution in [1.29, 1.82) is 0 Å². The molecule has 0 radical (unpaired) electrons. The molecule has 684 valence electrons. The van der Waals surface area contributed by atoms with E-state index in [0.29, 0.717) is 0 Å². The van der Waals surface area contributed by atoms with E-state index in [4.69, 9.17) is 8.83 Å². The number of benzene rings is 24. The first-order valence-electron chi connectivity index (χ1n) is 50.3. The van der Waals surface area contributed by atoms with E-state index in [0.717, 1.165) is 66.3 Å². The number of thiophene rings is 1. The summed E-state index contributed by atoms with van der Waals surface area (Å²) in [5.41, 5.74) is 32.1. The summed E-state index contributed by atoms with van der Waals surface area (Å²) in [5, 5.41) is 29.5. The Kier molecular flexibility index (Phi) is 18.3. The Bertz CT molecular complexity index is 11200. The Morgan fingerprint density at radius 1 is 0.143 bits per heavy atom. The highest BCUT2D eigenvalue weighted by atomic mass is 32.1. The van der Waals surface area contributed by atoms with Crippen LogP contribution >= 0.6 is 11.3 Å². The molecule has 33 rings (SSSR count). The van der Waals surface area contributed by atoms with Gasteiger partial charge < -0.3 is 36.2 Å². The van der Waals surface area contributed by atoms with Crippen LogP contribution in [0, 0.1) is 0 Å². The minimum Gasteiger partial charge on any atom is -0.456 e. The van der Waals surface area contributed by atoms with Gasteiger partial charge in [-0.25, -0.2) is 0 Å². The van der Waals surface area contributed by atoms with Gasteiger partial charge in [0, 0.05) is 135 Å². The van der Waals surface area contributed by atoms with E-state index in [1.807, 2.05) is 23.5 Å². The van der Waals surface area contributed by atoms with Crippen molar-refractivity contribution >= 4 is 239 Å². The monoisotopic (exact) mass is 1890 g/mol. The number of para-hydroxylation sites is 8. The molecule has 0 fully saturated rings. The topological polar surface area (TPSA) is 55.9 Å². The summed E-state index contributed by atoms with van der Waals surface area (Å²) < 4.78 is 30.1. The van der Waals surface area contributed by atoms with Crippen molar-refractivity contribution < 1.29 is 8.83 Å². The standard InChI is InChI=1S/2C46H28N2O.C46H28N2S/c1-2-12-33(13-3-1)47-41-16-8-6-14-35(41)39-27-31(19-24-42(39)47)32-20-25-43-40(28-32)37-22-23-38-36-15-7-9-17-44(36)49-46(38)45(37)48(43)34-21-18-29-10-4-5-11-30(29)26-34;1-2-12-33(13-3-1)47-40-16-8-6-14-35(40)38-27-31(19-23-41(38)47)32-20-24-42-39(28-32)36-22-25-44-45(37-15-7-9-17-43(37)49-44)46(36)48(42)34-21-18-29-10-4-5-11-30(29)26-34;1-2-12-33(13-3-1)47-41-16-8-6-14-35(41)37-25-31(19-22-42(37)47)32-20-23-43-38(26-32)39-27-40-36-15-7-9-17-45(36)49-46(40)28-44(39)48(43)34-21-18-29-10-4-5-11-30(29)24-34/h3*1-28H. The fourth-order valence-corrected chi connectivity index (χ4v) is 25.3. The van der Waals surface area contributed by atoms with Crippen LogP contribution in [0.1, 0.15) is 0 Å². The number of aromatic nitrogens is 6. The molecule has 33 aromatic rings. The van der Waals surface area contributed by atoms with Crippen LogP contribution in [0.25, 0.3) is 295 Å². The Labute approximate surface area is 845 Å². The lowest BCUT2D eigenvalue weighted by Gasteiger charge is -2.11. The van der Waals surface area contributed by atoms with Gasteiger partial charge in [-0.3, -0.25) is 0 Å². The third-order valence-electron chi connectivity index (χ3n) is 30.8. The maximum absolute atomic E-state index is 6.66. The quantitative estimate of drug-likeness (QED) is 0.145. The predicted octanol–water partition coefficient (Wildman–Crippen LogP) is 38.3. The average molecular weight is 1890 g/mol. The Balaban J connectivity index is 0.0000000999. The molecule has 24 aromatic carbocycles. The molecule has 0 atom stereocenters. The lowest BCUT2D eigenvalue weighted by Crippen LogP contribution is -1.94. The van der Waals surface area contributed by atoms with Crippen LogP contribution < -0.4 is 0 Å². The molecular formula is C138H84N6O2S. The van der Waals surface area contributed by atoms with E-state index in [1.165, 1.54) is 228 Å². The number of furan rings is 2. The smallest absolute Gasteiger partial charge is 0.160 e. The number of nitrogens with zero attached hydrogens (tertiary/aromatic N) is 6. The summed E-state index contributed by atoms with van der Waals surface area (Å²) >= 11 is 1.88. The molecule has 9 heterocycles. The normalized spacial score (nSPS) is 12.1. The summed E-state index contributed by atoms with van der Waals surface area (Å²) in [5.74, 6) is 0. The van der Waals surface area contributed by atoms with Crippen LogP contribution in [-0.2, 0) is 0 Å². The average Bonchev–Trinajstić information content (AvgIpc) is 1.58. The largest absolute Gasteiger partial charge is 0.456 e. The van der Waals surface area contributed by atoms with Gasteiger partial charge in [-0.1, -0.05) is 297 Å². The second-order valence-corrected chi connectivity index (χ2v) is 40.0. The molecule has 9 aromatic heterocycles. The van der Waals surface area contributed by atoms with E-state index in [-0.39, 0.29) is 0 Å². The molecule has 0 unspecified atom stereocenters. The number of hydrogen-bond acceptors (Lipinski definition) is 3. The molecule has 0 bridgehead atoms. The highest BCUT2D eigenvalue weighted by Crippen LogP contribution is 2.50. The van der Waals surface area contributed by atoms with Gasteiger partial charge in [0.1, 0.15) is 16.7 Å². The maximum atomic E-state index is 6.66. The zero-order chi connectivity index (χ0) is 96.2. The highest BCUT2D eigenvalue weighted by Gasteiger charge is 2.27. The molecule has 9 heteroatoms. The van der Waals surface area contributed by atoms with Crippen LogP contribution in [0.4, 0.5) is 0 Å². The molecule has 0 aliphatic carbocycles. The van der Waals surface area contributed by atoms with Gasteiger partial charge in [-0.15, -0.1) is 11.3 Å². The molecule has 0 aliphatic rings. The number of rotatable bonds is 9. The summed E-state index contributed by atoms with van der Waals surface area (Å²) in [4.78, 5) is 0. The predicted molar refractivity (Wildman–Crippen MR) is 622 cm³/mol. The van der Waals surface area contributed by atoms with Crippen LogP contribution in [0.2, 0.25) is 0 Å². The van der Waals surface area contributed by atoms with Crippen LogP contribution in [0.15, 0.2) is 518 Å². The SMILES string of the molecule is c1ccc(-n2c3ccccc3c3cc(-c4ccc5c(c4)c4cc6c(cc4n5-c4ccc5ccccc5c4)sc4ccccc46)ccc32)cc1.c1ccc(-n2c3ccccc3c3cc(-c4ccc5c(c4)c4ccc6c7ccccc7oc6c4n5-c4ccc5ccccc5c4)ccc32)cc1.c1ccc(-n2c3ccccc3c3cc(-c4ccc5c(c4)c4ccc6oc7ccccc7c6c4n5-c4ccc5ccccc5c4)ccc32)cc1. The lowest BCUT2D eigenvalue weighted by atomic mass is 10.00. The van der Waals surface area contributed by atoms with Crippen LogP contribution in [0.3, 0.4) is 0 Å². The van der Waals surface area contributed by atoms with E-state index >= 15 is 0 Å². The summed E-state index contributed by atoms with van der Waals surface area (Å²) in [6.07, 6.45) is 0. The first-order chi connectivity index (χ1) is 72.9. The summed E-state index contributed by atoms with van der Waals surface area (Å²) in [6, 6.07) is 185. The summed E-state index contributed by atoms with van der Waals surface area (Å²) in [6.45, 7) is 0. The fourth-order valence-electron chi connectivity index (χ4n) is 24.2. The molecule has 0 saturated carbocycles. The van der Waals surface area contributed by atoms with Crippen molar-refractivity contribution in [2.75, 3.05) is 0 Å². The van der Waals surface area contributed by atoms with Crippen molar-refractivity contribution in [2.24, 2.45) is 0 Å². The van der Waals surface area contributed by atoms with Crippen LogP contribution in [0.5, 0.6) is 0 Å². The second kappa shape index (κ2) is 32.6. The Morgan fingerprint density at radius 2 is 0.456 bits per heavy atom. The van der Waals surface area contributed by atoms with Crippen molar-refractivity contribution in [3.63, 3.8) is 0 Å². The van der Waals surface area contributed by atoms with E-state index in [9.17, 15) is 0 Å². The van der Waals surface area contributed by atoms with Gasteiger partial charge in [-0.05, 0) is 278 Å². The minimum absolute atomic E-state index is 0.902. The van der Waals surface area contributed by atoms with E-state index < -0.39 is 0 Å². The first kappa shape index (κ1) is 82.4. The second-order valence-electron chi connectivity index (χ2n) is 38.9. The first-order valence-corrected chi connectivity index (χ1v) is 51.1. The van der Waals surface area contributed by atoms with E-state index in [1.54, 1.807) is 0 Å². The Morgan fingerprint density at radius 3 is 0.912 bits per heavy atom. The molecule has 0 N–H and O–H groups in total. The maximum Gasteiger partial charge on any atom is 0.160 e. The van der Waals surface area contributed by atoms with E-state index in [2.05, 4.69) is 525 Å². The van der Waals surface area contributed by atoms with Gasteiger partial charge in [0.25, 0.3) is 0 Å². The van der Waals surface area contributed by atoms with Crippen LogP contribution in [-0.4, -0.2) is 27.4 Å². The van der Waals surface area contributed by atoms with Crippen molar-refractivity contribution in [2.45, 2.75) is 0 Å². The number of fused-ring (bicyclic) bond motifs is 32. The molecule has 0 aliphatic heterocycles. The molecular weight excluding hydrogens is 1810 g/mol. The highest BCUT2D eigenvalue weighted by molar-refractivity contribution is 7.25. The molecule has 147 heavy (non-hydrogen) atoms. The van der Waals surface area contributed by atoms with Gasteiger partial charge in [-0.2, -0.15) is 0 Å². The van der Waals surface area contributed by atoms with Gasteiger partial charge in [0.15, 0.2) is 5.58 Å². The van der Waals surface area contributed by atoms with Gasteiger partial charge >= 0.3 is 0 Å². The summed E-state index contributed by atoms with van der Waals surface area (Å²) in [7, 11) is 0. The van der Waals surface area contributed by atoms with Crippen molar-refractivity contribution in [3.05, 3.63) is 510 Å². The van der Waals surface area contributed by atoms with Crippen molar-refractivity contribution in [3.8, 4) is 67.5 Å². The third-order valence-corrected chi connectivity index (χ3v) is 32.0. The van der Waals surface area contributed by atoms with Gasteiger partial charge in [0.2, 0.25) is 0 Å². The minimum atomic E-state index is 0.902. The number of hydrogen-bond donors (Lipinski definition) is 0.